The first-order chi connectivity index (χ1) is 20.4. The van der Waals surface area contributed by atoms with Crippen LogP contribution >= 0.6 is 0 Å². The lowest BCUT2D eigenvalue weighted by atomic mass is 9.84. The van der Waals surface area contributed by atoms with E-state index in [-0.39, 0.29) is 50.9 Å². The molecule has 0 saturated carbocycles. The predicted octanol–water partition coefficient (Wildman–Crippen LogP) is 9.98. The fraction of sp³-hybridized carbons (Fsp3) is 0.0909. The molecule has 0 aliphatic carbocycles. The Hall–Kier alpha value is -5.12. The molecular weight excluding hydrogens is 570 g/mol. The van der Waals surface area contributed by atoms with Crippen LogP contribution in [0.15, 0.2) is 115 Å². The van der Waals surface area contributed by atoms with Crippen molar-refractivity contribution < 1.29 is 35.8 Å². The number of hydrogen-bond acceptors (Lipinski definition) is 4. The quantitative estimate of drug-likeness (QED) is 0.145. The van der Waals surface area contributed by atoms with Crippen molar-refractivity contribution >= 4 is 11.4 Å². The van der Waals surface area contributed by atoms with E-state index in [2.05, 4.69) is 0 Å². The largest absolute Gasteiger partial charge is 0.455 e. The van der Waals surface area contributed by atoms with E-state index < -0.39 is 23.8 Å². The van der Waals surface area contributed by atoms with Crippen molar-refractivity contribution in [1.82, 2.24) is 0 Å². The van der Waals surface area contributed by atoms with Gasteiger partial charge in [0.2, 0.25) is 0 Å². The van der Waals surface area contributed by atoms with Gasteiger partial charge in [0.05, 0.1) is 11.4 Å². The molecule has 0 amide bonds. The van der Waals surface area contributed by atoms with Gasteiger partial charge in [0.1, 0.15) is 23.0 Å². The Balaban J connectivity index is 1.80. The van der Waals surface area contributed by atoms with Gasteiger partial charge in [0.15, 0.2) is 5.92 Å². The molecule has 4 N–H and O–H groups in total. The number of anilines is 2. The van der Waals surface area contributed by atoms with Crippen LogP contribution in [0.1, 0.15) is 11.5 Å². The summed E-state index contributed by atoms with van der Waals surface area (Å²) in [7, 11) is 0. The second-order valence-electron chi connectivity index (χ2n) is 9.56. The highest BCUT2D eigenvalue weighted by Crippen LogP contribution is 2.53. The van der Waals surface area contributed by atoms with Gasteiger partial charge < -0.3 is 20.9 Å². The van der Waals surface area contributed by atoms with Gasteiger partial charge in [-0.1, -0.05) is 78.9 Å². The van der Waals surface area contributed by atoms with Crippen LogP contribution in [0.25, 0.3) is 22.3 Å². The lowest BCUT2D eigenvalue weighted by Gasteiger charge is -2.28. The predicted molar refractivity (Wildman–Crippen MR) is 154 cm³/mol. The maximum atomic E-state index is 14.2. The summed E-state index contributed by atoms with van der Waals surface area (Å²) in [6.45, 7) is 0. The topological polar surface area (TPSA) is 70.5 Å². The number of alkyl halides is 6. The van der Waals surface area contributed by atoms with Crippen LogP contribution in [0.4, 0.5) is 37.7 Å². The molecule has 0 heterocycles. The molecule has 5 aromatic rings. The Morgan fingerprint density at radius 1 is 0.442 bits per heavy atom. The Morgan fingerprint density at radius 2 is 0.837 bits per heavy atom. The highest BCUT2D eigenvalue weighted by atomic mass is 19.4. The van der Waals surface area contributed by atoms with Crippen molar-refractivity contribution in [1.29, 1.82) is 0 Å². The lowest BCUT2D eigenvalue weighted by Crippen LogP contribution is -2.34. The van der Waals surface area contributed by atoms with Crippen LogP contribution in [-0.4, -0.2) is 12.4 Å². The summed E-state index contributed by atoms with van der Waals surface area (Å²) >= 11 is 0. The molecule has 5 rings (SSSR count). The average molecular weight is 595 g/mol. The molecule has 0 spiro atoms. The molecule has 5 aromatic carbocycles. The molecule has 0 atom stereocenters. The summed E-state index contributed by atoms with van der Waals surface area (Å²) < 4.78 is 97.5. The van der Waals surface area contributed by atoms with Crippen molar-refractivity contribution in [3.63, 3.8) is 0 Å². The SMILES string of the molecule is Nc1ccccc1Oc1ccccc1-c1cccc(C(C(F)(F)F)C(F)(F)F)c1-c1ccccc1Oc1ccccc1N. The third-order valence-corrected chi connectivity index (χ3v) is 6.67. The van der Waals surface area contributed by atoms with Gasteiger partial charge in [-0.15, -0.1) is 0 Å². The van der Waals surface area contributed by atoms with Crippen LogP contribution in [0.3, 0.4) is 0 Å². The fourth-order valence-electron chi connectivity index (χ4n) is 4.80. The standard InChI is InChI=1S/C33H24F6N2O2/c34-32(35,36)31(33(37,38)39)23-13-9-12-21(20-10-1-5-16-26(20)42-28-18-7-3-14-24(28)40)30(23)22-11-2-6-17-27(22)43-29-19-8-4-15-25(29)41/h1-19,31H,40-41H2. The van der Waals surface area contributed by atoms with Gasteiger partial charge in [-0.2, -0.15) is 26.3 Å². The van der Waals surface area contributed by atoms with Crippen LogP contribution in [0.2, 0.25) is 0 Å². The number of halogens is 6. The Labute approximate surface area is 243 Å². The van der Waals surface area contributed by atoms with Gasteiger partial charge >= 0.3 is 12.4 Å². The number of hydrogen-bond donors (Lipinski definition) is 2. The third-order valence-electron chi connectivity index (χ3n) is 6.67. The Bertz CT molecular complexity index is 1740. The average Bonchev–Trinajstić information content (AvgIpc) is 2.95. The van der Waals surface area contributed by atoms with Crippen molar-refractivity contribution in [3.8, 4) is 45.3 Å². The summed E-state index contributed by atoms with van der Waals surface area (Å²) in [4.78, 5) is 0. The molecule has 0 radical (unpaired) electrons. The van der Waals surface area contributed by atoms with E-state index in [0.29, 0.717) is 5.69 Å². The van der Waals surface area contributed by atoms with Crippen LogP contribution < -0.4 is 20.9 Å². The first-order valence-electron chi connectivity index (χ1n) is 12.9. The first kappa shape index (κ1) is 29.4. The van der Waals surface area contributed by atoms with Crippen LogP contribution in [-0.2, 0) is 0 Å². The summed E-state index contributed by atoms with van der Waals surface area (Å²) in [5.41, 5.74) is 11.5. The van der Waals surface area contributed by atoms with Crippen molar-refractivity contribution in [2.24, 2.45) is 0 Å². The molecule has 43 heavy (non-hydrogen) atoms. The smallest absolute Gasteiger partial charge is 0.404 e. The molecule has 0 fully saturated rings. The Kier molecular flexibility index (Phi) is 7.95. The molecular formula is C33H24F6N2O2. The van der Waals surface area contributed by atoms with Crippen molar-refractivity contribution in [2.45, 2.75) is 18.3 Å². The van der Waals surface area contributed by atoms with Gasteiger partial charge in [-0.05, 0) is 53.1 Å². The minimum atomic E-state index is -5.65. The summed E-state index contributed by atoms with van der Waals surface area (Å²) in [5, 5.41) is 0. The van der Waals surface area contributed by atoms with Crippen LogP contribution in [0.5, 0.6) is 23.0 Å². The van der Waals surface area contributed by atoms with E-state index in [1.165, 1.54) is 24.3 Å². The number of nitrogen functional groups attached to an aromatic ring is 2. The molecule has 0 saturated heterocycles. The highest BCUT2D eigenvalue weighted by Gasteiger charge is 2.58. The fourth-order valence-corrected chi connectivity index (χ4v) is 4.80. The third kappa shape index (κ3) is 6.23. The number of ether oxygens (including phenoxy) is 2. The van der Waals surface area contributed by atoms with Crippen LogP contribution in [0, 0.1) is 0 Å². The van der Waals surface area contributed by atoms with Crippen molar-refractivity contribution in [2.75, 3.05) is 11.5 Å². The Morgan fingerprint density at radius 3 is 1.33 bits per heavy atom. The number of rotatable bonds is 7. The molecule has 0 aromatic heterocycles. The van der Waals surface area contributed by atoms with E-state index in [4.69, 9.17) is 20.9 Å². The van der Waals surface area contributed by atoms with E-state index in [0.717, 1.165) is 12.1 Å². The zero-order valence-electron chi connectivity index (χ0n) is 22.3. The second-order valence-corrected chi connectivity index (χ2v) is 9.56. The maximum Gasteiger partial charge on any atom is 0.404 e. The molecule has 0 aliphatic rings. The lowest BCUT2D eigenvalue weighted by molar-refractivity contribution is -0.253. The molecule has 10 heteroatoms. The summed E-state index contributed by atoms with van der Waals surface area (Å²) in [6.07, 6.45) is -11.3. The maximum absolute atomic E-state index is 14.2. The van der Waals surface area contributed by atoms with E-state index >= 15 is 0 Å². The molecule has 0 unspecified atom stereocenters. The molecule has 4 nitrogen and oxygen atoms in total. The summed E-state index contributed by atoms with van der Waals surface area (Å²) in [6, 6.07) is 28.6. The number of nitrogens with two attached hydrogens (primary N) is 2. The van der Waals surface area contributed by atoms with Crippen molar-refractivity contribution in [3.05, 3.63) is 121 Å². The van der Waals surface area contributed by atoms with E-state index in [9.17, 15) is 26.3 Å². The highest BCUT2D eigenvalue weighted by molar-refractivity contribution is 5.91. The van der Waals surface area contributed by atoms with Gasteiger partial charge in [0.25, 0.3) is 0 Å². The van der Waals surface area contributed by atoms with Gasteiger partial charge in [-0.25, -0.2) is 0 Å². The second kappa shape index (κ2) is 11.6. The minimum absolute atomic E-state index is 0.00269. The number of benzene rings is 5. The molecule has 220 valence electrons. The van der Waals surface area contributed by atoms with Gasteiger partial charge in [0, 0.05) is 11.1 Å². The molecule has 0 bridgehead atoms. The molecule has 0 aliphatic heterocycles. The van der Waals surface area contributed by atoms with E-state index in [1.807, 2.05) is 0 Å². The monoisotopic (exact) mass is 594 g/mol. The first-order valence-corrected chi connectivity index (χ1v) is 12.9. The van der Waals surface area contributed by atoms with E-state index in [1.54, 1.807) is 78.9 Å². The number of para-hydroxylation sites is 6. The zero-order chi connectivity index (χ0) is 30.8. The van der Waals surface area contributed by atoms with Gasteiger partial charge in [-0.3, -0.25) is 0 Å². The normalized spacial score (nSPS) is 11.9. The zero-order valence-corrected chi connectivity index (χ0v) is 22.3. The summed E-state index contributed by atoms with van der Waals surface area (Å²) in [5.74, 6) is -3.18. The minimum Gasteiger partial charge on any atom is -0.455 e.